The zero-order valence-electron chi connectivity index (χ0n) is 11.8. The first-order valence-electron chi connectivity index (χ1n) is 6.74. The first-order valence-corrected chi connectivity index (χ1v) is 6.74. The third-order valence-corrected chi connectivity index (χ3v) is 2.95. The quantitative estimate of drug-likeness (QED) is 0.717. The van der Waals surface area contributed by atoms with Crippen LogP contribution in [0.25, 0.3) is 0 Å². The predicted molar refractivity (Wildman–Crippen MR) is 67.8 cm³/mol. The summed E-state index contributed by atoms with van der Waals surface area (Å²) in [4.78, 5) is 12.1. The van der Waals surface area contributed by atoms with Crippen molar-refractivity contribution >= 4 is 5.78 Å². The summed E-state index contributed by atoms with van der Waals surface area (Å²) in [7, 11) is 0. The summed E-state index contributed by atoms with van der Waals surface area (Å²) < 4.78 is 11.6. The summed E-state index contributed by atoms with van der Waals surface area (Å²) in [6.45, 7) is 10.0. The Bertz CT molecular complexity index is 258. The molecule has 17 heavy (non-hydrogen) atoms. The zero-order valence-corrected chi connectivity index (χ0v) is 11.8. The first kappa shape index (κ1) is 14.7. The van der Waals surface area contributed by atoms with Gasteiger partial charge in [-0.15, -0.1) is 0 Å². The Morgan fingerprint density at radius 2 is 1.94 bits per heavy atom. The number of carbonyl (C=O) groups excluding carboxylic acids is 1. The molecule has 1 saturated heterocycles. The molecule has 1 aliphatic heterocycles. The molecule has 1 rings (SSSR count). The largest absolute Gasteiger partial charge is 0.344 e. The fourth-order valence-electron chi connectivity index (χ4n) is 2.24. The predicted octanol–water partition coefficient (Wildman–Crippen LogP) is 3.31. The minimum absolute atomic E-state index is 0.0591. The van der Waals surface area contributed by atoms with Crippen LogP contribution in [0.3, 0.4) is 0 Å². The average Bonchev–Trinajstić information content (AvgIpc) is 2.50. The molecule has 0 bridgehead atoms. The highest BCUT2D eigenvalue weighted by molar-refractivity contribution is 5.84. The van der Waals surface area contributed by atoms with Gasteiger partial charge in [0.05, 0.1) is 6.10 Å². The monoisotopic (exact) mass is 242 g/mol. The Hall–Kier alpha value is -0.410. The van der Waals surface area contributed by atoms with Gasteiger partial charge < -0.3 is 9.47 Å². The van der Waals surface area contributed by atoms with Gasteiger partial charge in [-0.05, 0) is 26.2 Å². The van der Waals surface area contributed by atoms with Gasteiger partial charge in [-0.1, -0.05) is 33.6 Å². The molecular formula is C14H26O3. The summed E-state index contributed by atoms with van der Waals surface area (Å²) in [5, 5.41) is 0. The fourth-order valence-corrected chi connectivity index (χ4v) is 2.24. The maximum Gasteiger partial charge on any atom is 0.164 e. The number of unbranched alkanes of at least 4 members (excludes halogenated alkanes) is 1. The van der Waals surface area contributed by atoms with Gasteiger partial charge in [0, 0.05) is 6.42 Å². The fraction of sp³-hybridized carbons (Fsp3) is 0.929. The van der Waals surface area contributed by atoms with Crippen LogP contribution in [0.15, 0.2) is 0 Å². The molecule has 1 aliphatic rings. The zero-order chi connectivity index (χ0) is 13.1. The van der Waals surface area contributed by atoms with E-state index in [2.05, 4.69) is 20.8 Å². The van der Waals surface area contributed by atoms with Gasteiger partial charge in [-0.25, -0.2) is 0 Å². The van der Waals surface area contributed by atoms with Crippen LogP contribution in [-0.4, -0.2) is 23.8 Å². The second-order valence-electron chi connectivity index (χ2n) is 5.80. The lowest BCUT2D eigenvalue weighted by Crippen LogP contribution is -2.32. The van der Waals surface area contributed by atoms with Gasteiger partial charge in [0.1, 0.15) is 6.10 Å². The molecule has 0 aromatic carbocycles. The molecule has 0 saturated carbocycles. The Labute approximate surface area is 105 Å². The van der Waals surface area contributed by atoms with Crippen molar-refractivity contribution in [1.82, 2.24) is 0 Å². The number of carbonyl (C=O) groups is 1. The number of rotatable bonds is 6. The molecule has 0 amide bonds. The second-order valence-corrected chi connectivity index (χ2v) is 5.80. The van der Waals surface area contributed by atoms with E-state index in [-0.39, 0.29) is 18.0 Å². The maximum atomic E-state index is 12.1. The minimum atomic E-state index is -0.615. The van der Waals surface area contributed by atoms with Gasteiger partial charge in [0.2, 0.25) is 0 Å². The molecule has 1 fully saturated rings. The lowest BCUT2D eigenvalue weighted by atomic mass is 9.98. The minimum Gasteiger partial charge on any atom is -0.344 e. The van der Waals surface area contributed by atoms with Crippen molar-refractivity contribution < 1.29 is 14.3 Å². The van der Waals surface area contributed by atoms with Crippen LogP contribution < -0.4 is 0 Å². The highest BCUT2D eigenvalue weighted by atomic mass is 16.8. The molecule has 0 unspecified atom stereocenters. The molecule has 2 atom stereocenters. The molecule has 100 valence electrons. The number of hydrogen-bond donors (Lipinski definition) is 0. The highest BCUT2D eigenvalue weighted by Crippen LogP contribution is 2.32. The van der Waals surface area contributed by atoms with Crippen LogP contribution in [0.2, 0.25) is 0 Å². The third-order valence-electron chi connectivity index (χ3n) is 2.95. The number of Topliss-reactive ketones (excluding diaryl/α,β-unsaturated/α-hetero) is 1. The van der Waals surface area contributed by atoms with E-state index in [0.29, 0.717) is 12.3 Å². The summed E-state index contributed by atoms with van der Waals surface area (Å²) >= 11 is 0. The highest BCUT2D eigenvalue weighted by Gasteiger charge is 2.44. The molecule has 1 heterocycles. The summed E-state index contributed by atoms with van der Waals surface area (Å²) in [6, 6.07) is 0. The Kier molecular flexibility index (Phi) is 5.14. The number of ketones is 1. The Balaban J connectivity index is 2.63. The van der Waals surface area contributed by atoms with Gasteiger partial charge >= 0.3 is 0 Å². The van der Waals surface area contributed by atoms with E-state index in [9.17, 15) is 4.79 Å². The first-order chi connectivity index (χ1) is 7.85. The SMILES string of the molecule is CCCC[C@H]1OC(C)(C)O[C@@H]1C(=O)CC(C)C. The van der Waals surface area contributed by atoms with Crippen LogP contribution in [0.1, 0.15) is 60.3 Å². The lowest BCUT2D eigenvalue weighted by molar-refractivity contribution is -0.155. The van der Waals surface area contributed by atoms with E-state index in [1.54, 1.807) is 0 Å². The third kappa shape index (κ3) is 4.40. The van der Waals surface area contributed by atoms with Gasteiger partial charge in [0.15, 0.2) is 11.6 Å². The summed E-state index contributed by atoms with van der Waals surface area (Å²) in [5.74, 6) is -0.0521. The molecule has 0 spiro atoms. The lowest BCUT2D eigenvalue weighted by Gasteiger charge is -2.16. The van der Waals surface area contributed by atoms with Crippen LogP contribution in [0.4, 0.5) is 0 Å². The topological polar surface area (TPSA) is 35.5 Å². The Morgan fingerprint density at radius 3 is 2.47 bits per heavy atom. The molecule has 3 heteroatoms. The molecule has 0 aromatic rings. The van der Waals surface area contributed by atoms with E-state index < -0.39 is 5.79 Å². The molecule has 0 aliphatic carbocycles. The van der Waals surface area contributed by atoms with E-state index in [4.69, 9.17) is 9.47 Å². The van der Waals surface area contributed by atoms with Crippen LogP contribution in [-0.2, 0) is 14.3 Å². The normalized spacial score (nSPS) is 27.6. The molecule has 0 aromatic heterocycles. The summed E-state index contributed by atoms with van der Waals surface area (Å²) in [5.41, 5.74) is 0. The van der Waals surface area contributed by atoms with Gasteiger partial charge in [-0.3, -0.25) is 4.79 Å². The summed E-state index contributed by atoms with van der Waals surface area (Å²) in [6.07, 6.45) is 3.26. The van der Waals surface area contributed by atoms with Gasteiger partial charge in [-0.2, -0.15) is 0 Å². The van der Waals surface area contributed by atoms with Crippen molar-refractivity contribution in [3.63, 3.8) is 0 Å². The van der Waals surface area contributed by atoms with Crippen molar-refractivity contribution in [2.75, 3.05) is 0 Å². The smallest absolute Gasteiger partial charge is 0.164 e. The number of ether oxygens (including phenoxy) is 2. The van der Waals surface area contributed by atoms with Crippen molar-refractivity contribution in [1.29, 1.82) is 0 Å². The maximum absolute atomic E-state index is 12.1. The van der Waals surface area contributed by atoms with E-state index in [0.717, 1.165) is 19.3 Å². The molecular weight excluding hydrogens is 216 g/mol. The molecule has 3 nitrogen and oxygen atoms in total. The second kappa shape index (κ2) is 5.96. The number of hydrogen-bond acceptors (Lipinski definition) is 3. The van der Waals surface area contributed by atoms with Gasteiger partial charge in [0.25, 0.3) is 0 Å². The van der Waals surface area contributed by atoms with Crippen molar-refractivity contribution in [2.24, 2.45) is 5.92 Å². The molecule has 0 N–H and O–H groups in total. The van der Waals surface area contributed by atoms with Crippen LogP contribution in [0, 0.1) is 5.92 Å². The van der Waals surface area contributed by atoms with E-state index >= 15 is 0 Å². The van der Waals surface area contributed by atoms with Crippen LogP contribution in [0.5, 0.6) is 0 Å². The molecule has 0 radical (unpaired) electrons. The average molecular weight is 242 g/mol. The Morgan fingerprint density at radius 1 is 1.29 bits per heavy atom. The van der Waals surface area contributed by atoms with Crippen molar-refractivity contribution in [3.05, 3.63) is 0 Å². The van der Waals surface area contributed by atoms with Crippen LogP contribution >= 0.6 is 0 Å². The van der Waals surface area contributed by atoms with E-state index in [1.165, 1.54) is 0 Å². The van der Waals surface area contributed by atoms with Crippen molar-refractivity contribution in [2.45, 2.75) is 78.3 Å². The standard InChI is InChI=1S/C14H26O3/c1-6-7-8-12-13(11(15)9-10(2)3)17-14(4,5)16-12/h10,12-13H,6-9H2,1-5H3/t12-,13-/m1/s1. The van der Waals surface area contributed by atoms with Crippen molar-refractivity contribution in [3.8, 4) is 0 Å². The van der Waals surface area contributed by atoms with E-state index in [1.807, 2.05) is 13.8 Å².